The predicted octanol–water partition coefficient (Wildman–Crippen LogP) is 7.87. The molecule has 0 aromatic heterocycles. The molecule has 11 heteroatoms. The van der Waals surface area contributed by atoms with Crippen LogP contribution in [0.4, 0.5) is 22.7 Å². The van der Waals surface area contributed by atoms with Gasteiger partial charge in [0.25, 0.3) is 15.8 Å². The molecule has 3 rings (SSSR count). The highest BCUT2D eigenvalue weighted by atomic mass is 32.2. The third-order valence-corrected chi connectivity index (χ3v) is 6.87. The standard InChI is InChI=1S/C28H34N4O6S/c33-32(34)26-15-9-24(10-16-26)30-31-25-11-17-27(18-12-25)38-22-8-6-4-2-1-3-5-7-21-29-23-13-19-28(20-14-23)39(35,36)37/h9-20,29H,1-8,21-22H2,(H,35,36,37). The van der Waals surface area contributed by atoms with E-state index >= 15 is 0 Å². The number of ether oxygens (including phenoxy) is 1. The normalized spacial score (nSPS) is 11.5. The van der Waals surface area contributed by atoms with Crippen LogP contribution in [0.3, 0.4) is 0 Å². The molecule has 0 aliphatic carbocycles. The first-order chi connectivity index (χ1) is 18.8. The van der Waals surface area contributed by atoms with Gasteiger partial charge in [0.15, 0.2) is 0 Å². The maximum absolute atomic E-state index is 11.1. The molecule has 0 radical (unpaired) electrons. The lowest BCUT2D eigenvalue weighted by molar-refractivity contribution is -0.384. The van der Waals surface area contributed by atoms with Crippen molar-refractivity contribution in [2.75, 3.05) is 18.5 Å². The molecule has 208 valence electrons. The maximum Gasteiger partial charge on any atom is 0.294 e. The molecule has 0 saturated heterocycles. The minimum absolute atomic E-state index is 0.0179. The van der Waals surface area contributed by atoms with Crippen LogP contribution in [0.15, 0.2) is 87.9 Å². The van der Waals surface area contributed by atoms with Gasteiger partial charge in [-0.3, -0.25) is 14.7 Å². The fourth-order valence-electron chi connectivity index (χ4n) is 3.82. The molecule has 3 aromatic rings. The summed E-state index contributed by atoms with van der Waals surface area (Å²) in [5.41, 5.74) is 2.07. The van der Waals surface area contributed by atoms with Crippen LogP contribution in [0.25, 0.3) is 0 Å². The maximum atomic E-state index is 11.1. The van der Waals surface area contributed by atoms with Gasteiger partial charge in [-0.05, 0) is 73.5 Å². The Kier molecular flexibility index (Phi) is 11.9. The topological polar surface area (TPSA) is 143 Å². The van der Waals surface area contributed by atoms with Gasteiger partial charge in [-0.2, -0.15) is 18.6 Å². The number of nitrogens with zero attached hydrogens (tertiary/aromatic N) is 3. The molecule has 0 aliphatic rings. The van der Waals surface area contributed by atoms with E-state index < -0.39 is 15.0 Å². The Hall–Kier alpha value is -3.83. The van der Waals surface area contributed by atoms with E-state index in [4.69, 9.17) is 9.29 Å². The van der Waals surface area contributed by atoms with Crippen LogP contribution in [-0.4, -0.2) is 31.0 Å². The number of nitro groups is 1. The smallest absolute Gasteiger partial charge is 0.294 e. The number of anilines is 1. The van der Waals surface area contributed by atoms with Gasteiger partial charge < -0.3 is 10.1 Å². The van der Waals surface area contributed by atoms with E-state index in [0.29, 0.717) is 18.0 Å². The molecular weight excluding hydrogens is 520 g/mol. The van der Waals surface area contributed by atoms with Crippen LogP contribution < -0.4 is 10.1 Å². The Labute approximate surface area is 229 Å². The highest BCUT2D eigenvalue weighted by molar-refractivity contribution is 7.85. The van der Waals surface area contributed by atoms with E-state index in [-0.39, 0.29) is 10.6 Å². The summed E-state index contributed by atoms with van der Waals surface area (Å²) >= 11 is 0. The third kappa shape index (κ3) is 11.2. The lowest BCUT2D eigenvalue weighted by Crippen LogP contribution is -2.02. The van der Waals surface area contributed by atoms with Crippen molar-refractivity contribution in [3.8, 4) is 5.75 Å². The fourth-order valence-corrected chi connectivity index (χ4v) is 4.30. The summed E-state index contributed by atoms with van der Waals surface area (Å²) in [7, 11) is -4.15. The number of hydrogen-bond acceptors (Lipinski definition) is 8. The lowest BCUT2D eigenvalue weighted by Gasteiger charge is -2.07. The minimum atomic E-state index is -4.15. The average molecular weight is 555 g/mol. The zero-order valence-electron chi connectivity index (χ0n) is 21.7. The number of hydrogen-bond donors (Lipinski definition) is 2. The average Bonchev–Trinajstić information content (AvgIpc) is 2.93. The van der Waals surface area contributed by atoms with Gasteiger partial charge in [0.05, 0.1) is 27.8 Å². The Balaban J connectivity index is 1.17. The van der Waals surface area contributed by atoms with Crippen molar-refractivity contribution in [1.82, 2.24) is 0 Å². The van der Waals surface area contributed by atoms with E-state index in [1.165, 1.54) is 49.9 Å². The molecule has 0 aliphatic heterocycles. The molecule has 2 N–H and O–H groups in total. The second kappa shape index (κ2) is 15.6. The first-order valence-electron chi connectivity index (χ1n) is 13.0. The van der Waals surface area contributed by atoms with Crippen molar-refractivity contribution < 1.29 is 22.6 Å². The van der Waals surface area contributed by atoms with Crippen LogP contribution in [0.1, 0.15) is 51.4 Å². The summed E-state index contributed by atoms with van der Waals surface area (Å²) in [6, 6.07) is 19.3. The summed E-state index contributed by atoms with van der Waals surface area (Å²) in [6.07, 6.45) is 9.11. The quantitative estimate of drug-likeness (QED) is 0.0568. The molecular formula is C28H34N4O6S. The van der Waals surface area contributed by atoms with Crippen molar-refractivity contribution in [3.63, 3.8) is 0 Å². The first kappa shape index (κ1) is 29.7. The molecule has 0 fully saturated rings. The Morgan fingerprint density at radius 1 is 0.744 bits per heavy atom. The number of rotatable bonds is 17. The van der Waals surface area contributed by atoms with Crippen LogP contribution in [0.2, 0.25) is 0 Å². The number of azo groups is 1. The molecule has 0 amide bonds. The van der Waals surface area contributed by atoms with Crippen LogP contribution in [0, 0.1) is 10.1 Å². The fraction of sp³-hybridized carbons (Fsp3) is 0.357. The highest BCUT2D eigenvalue weighted by Crippen LogP contribution is 2.23. The zero-order valence-corrected chi connectivity index (χ0v) is 22.6. The van der Waals surface area contributed by atoms with Crippen molar-refractivity contribution in [3.05, 3.63) is 82.9 Å². The number of nitro benzene ring substituents is 1. The van der Waals surface area contributed by atoms with E-state index in [0.717, 1.165) is 43.7 Å². The van der Waals surface area contributed by atoms with Crippen molar-refractivity contribution in [2.24, 2.45) is 10.2 Å². The Morgan fingerprint density at radius 3 is 1.79 bits per heavy atom. The summed E-state index contributed by atoms with van der Waals surface area (Å²) in [6.45, 7) is 1.49. The summed E-state index contributed by atoms with van der Waals surface area (Å²) in [4.78, 5) is 10.1. The van der Waals surface area contributed by atoms with Crippen molar-refractivity contribution >= 4 is 32.9 Å². The summed E-state index contributed by atoms with van der Waals surface area (Å²) < 4.78 is 36.9. The monoisotopic (exact) mass is 554 g/mol. The van der Waals surface area contributed by atoms with E-state index in [2.05, 4.69) is 15.5 Å². The third-order valence-electron chi connectivity index (χ3n) is 6.00. The molecule has 0 spiro atoms. The number of unbranched alkanes of at least 4 members (excludes halogenated alkanes) is 7. The molecule has 0 bridgehead atoms. The van der Waals surface area contributed by atoms with Crippen molar-refractivity contribution in [2.45, 2.75) is 56.3 Å². The second-order valence-electron chi connectivity index (χ2n) is 9.07. The van der Waals surface area contributed by atoms with Gasteiger partial charge in [-0.1, -0.05) is 38.5 Å². The van der Waals surface area contributed by atoms with E-state index in [9.17, 15) is 18.5 Å². The molecule has 3 aromatic carbocycles. The summed E-state index contributed by atoms with van der Waals surface area (Å²) in [5, 5.41) is 22.2. The van der Waals surface area contributed by atoms with Crippen LogP contribution in [0.5, 0.6) is 5.75 Å². The highest BCUT2D eigenvalue weighted by Gasteiger charge is 2.08. The van der Waals surface area contributed by atoms with Crippen LogP contribution >= 0.6 is 0 Å². The second-order valence-corrected chi connectivity index (χ2v) is 10.5. The molecule has 0 atom stereocenters. The molecule has 0 heterocycles. The van der Waals surface area contributed by atoms with Gasteiger partial charge >= 0.3 is 0 Å². The van der Waals surface area contributed by atoms with Gasteiger partial charge in [0.2, 0.25) is 0 Å². The Morgan fingerprint density at radius 2 is 1.26 bits per heavy atom. The predicted molar refractivity (Wildman–Crippen MR) is 151 cm³/mol. The molecule has 0 saturated carbocycles. The number of nitrogens with one attached hydrogen (secondary N) is 1. The molecule has 39 heavy (non-hydrogen) atoms. The van der Waals surface area contributed by atoms with Gasteiger partial charge in [-0.25, -0.2) is 0 Å². The Bertz CT molecular complexity index is 1300. The van der Waals surface area contributed by atoms with E-state index in [1.807, 2.05) is 24.3 Å². The minimum Gasteiger partial charge on any atom is -0.494 e. The molecule has 10 nitrogen and oxygen atoms in total. The van der Waals surface area contributed by atoms with Crippen LogP contribution in [-0.2, 0) is 10.1 Å². The lowest BCUT2D eigenvalue weighted by atomic mass is 10.1. The van der Waals surface area contributed by atoms with Crippen molar-refractivity contribution in [1.29, 1.82) is 0 Å². The zero-order chi connectivity index (χ0) is 27.9. The number of non-ortho nitro benzene ring substituents is 1. The van der Waals surface area contributed by atoms with Gasteiger partial charge in [0.1, 0.15) is 5.75 Å². The largest absolute Gasteiger partial charge is 0.494 e. The van der Waals surface area contributed by atoms with Gasteiger partial charge in [-0.15, -0.1) is 0 Å². The van der Waals surface area contributed by atoms with E-state index in [1.54, 1.807) is 24.3 Å². The first-order valence-corrected chi connectivity index (χ1v) is 14.5. The molecule has 0 unspecified atom stereocenters. The SMILES string of the molecule is O=[N+]([O-])c1ccc(N=Nc2ccc(OCCCCCCCCCCNc3ccc(S(=O)(=O)O)cc3)cc2)cc1. The van der Waals surface area contributed by atoms with Gasteiger partial charge in [0, 0.05) is 24.4 Å². The summed E-state index contributed by atoms with van der Waals surface area (Å²) in [5.74, 6) is 0.785. The number of benzene rings is 3.